The fourth-order valence-corrected chi connectivity index (χ4v) is 2.33. The molecule has 0 unspecified atom stereocenters. The van der Waals surface area contributed by atoms with Gasteiger partial charge in [0.05, 0.1) is 31.1 Å². The van der Waals surface area contributed by atoms with Gasteiger partial charge in [-0.1, -0.05) is 23.7 Å². The van der Waals surface area contributed by atoms with Gasteiger partial charge in [0.1, 0.15) is 5.82 Å². The summed E-state index contributed by atoms with van der Waals surface area (Å²) >= 11 is 6.06. The molecular formula is C17H17ClFN3O2. The molecule has 1 amide bonds. The van der Waals surface area contributed by atoms with Crippen LogP contribution in [0.4, 0.5) is 10.1 Å². The number of hydrogen-bond acceptors (Lipinski definition) is 4. The third kappa shape index (κ3) is 4.38. The van der Waals surface area contributed by atoms with E-state index in [1.54, 1.807) is 36.4 Å². The number of benzene rings is 2. The Morgan fingerprint density at radius 1 is 1.25 bits per heavy atom. The number of nitrogens with one attached hydrogen (secondary N) is 1. The molecule has 5 nitrogen and oxygen atoms in total. The summed E-state index contributed by atoms with van der Waals surface area (Å²) < 4.78 is 14.2. The Balaban J connectivity index is 2.60. The zero-order chi connectivity index (χ0) is 17.5. The smallest absolute Gasteiger partial charge is 0.238 e. The molecule has 2 rings (SSSR count). The van der Waals surface area contributed by atoms with E-state index in [0.717, 1.165) is 0 Å². The van der Waals surface area contributed by atoms with Crippen LogP contribution in [0.1, 0.15) is 11.1 Å². The molecule has 0 saturated carbocycles. The van der Waals surface area contributed by atoms with Gasteiger partial charge in [-0.25, -0.2) is 4.39 Å². The number of aliphatic hydroxyl groups is 1. The summed E-state index contributed by atoms with van der Waals surface area (Å²) in [6.45, 7) is -0.297. The van der Waals surface area contributed by atoms with Gasteiger partial charge in [0.2, 0.25) is 5.91 Å². The highest BCUT2D eigenvalue weighted by molar-refractivity contribution is 6.31. The quantitative estimate of drug-likeness (QED) is 0.699. The average Bonchev–Trinajstić information content (AvgIpc) is 2.58. The summed E-state index contributed by atoms with van der Waals surface area (Å²) in [5.41, 5.74) is 6.72. The zero-order valence-electron chi connectivity index (χ0n) is 12.8. The van der Waals surface area contributed by atoms with Gasteiger partial charge in [-0.2, -0.15) is 0 Å². The molecule has 2 aromatic carbocycles. The highest BCUT2D eigenvalue weighted by Gasteiger charge is 2.17. The van der Waals surface area contributed by atoms with Crippen molar-refractivity contribution in [1.29, 1.82) is 0 Å². The van der Waals surface area contributed by atoms with Crippen molar-refractivity contribution in [3.63, 3.8) is 0 Å². The van der Waals surface area contributed by atoms with Crippen molar-refractivity contribution >= 4 is 28.9 Å². The predicted molar refractivity (Wildman–Crippen MR) is 93.1 cm³/mol. The molecule has 0 aliphatic heterocycles. The van der Waals surface area contributed by atoms with Crippen LogP contribution in [0.15, 0.2) is 47.5 Å². The van der Waals surface area contributed by atoms with Crippen molar-refractivity contribution in [3.8, 4) is 0 Å². The molecule has 126 valence electrons. The number of rotatable bonds is 6. The average molecular weight is 350 g/mol. The standard InChI is InChI=1S/C17H17ClFN3O2/c18-11-5-6-15(22-16(24)10-20)13(9-11)17(21-7-8-23)12-3-1-2-4-14(12)19/h1-6,9,23H,7-8,10,20H2,(H,22,24)/b21-17-. The van der Waals surface area contributed by atoms with Gasteiger partial charge in [-0.3, -0.25) is 9.79 Å². The fraction of sp³-hybridized carbons (Fsp3) is 0.176. The second-order valence-electron chi connectivity index (χ2n) is 4.88. The lowest BCUT2D eigenvalue weighted by Crippen LogP contribution is -2.23. The van der Waals surface area contributed by atoms with Crippen LogP contribution in [-0.2, 0) is 4.79 Å². The van der Waals surface area contributed by atoms with Crippen LogP contribution >= 0.6 is 11.6 Å². The number of amides is 1. The Bertz CT molecular complexity index is 765. The van der Waals surface area contributed by atoms with Crippen LogP contribution in [0, 0.1) is 5.82 Å². The maximum absolute atomic E-state index is 14.2. The first-order chi connectivity index (χ1) is 11.6. The number of nitrogens with zero attached hydrogens (tertiary/aromatic N) is 1. The largest absolute Gasteiger partial charge is 0.394 e. The lowest BCUT2D eigenvalue weighted by atomic mass is 9.99. The topological polar surface area (TPSA) is 87.7 Å². The fourth-order valence-electron chi connectivity index (χ4n) is 2.15. The van der Waals surface area contributed by atoms with Gasteiger partial charge in [-0.05, 0) is 30.3 Å². The summed E-state index contributed by atoms with van der Waals surface area (Å²) in [6.07, 6.45) is 0. The number of anilines is 1. The van der Waals surface area contributed by atoms with Crippen LogP contribution in [-0.4, -0.2) is 36.4 Å². The lowest BCUT2D eigenvalue weighted by molar-refractivity contribution is -0.114. The third-order valence-corrected chi connectivity index (χ3v) is 3.43. The Morgan fingerprint density at radius 2 is 2.00 bits per heavy atom. The summed E-state index contributed by atoms with van der Waals surface area (Å²) in [4.78, 5) is 15.9. The van der Waals surface area contributed by atoms with Crippen LogP contribution in [0.25, 0.3) is 0 Å². The molecule has 0 radical (unpaired) electrons. The number of aliphatic hydroxyl groups excluding tert-OH is 1. The number of carbonyl (C=O) groups is 1. The van der Waals surface area contributed by atoms with E-state index in [2.05, 4.69) is 10.3 Å². The highest BCUT2D eigenvalue weighted by atomic mass is 35.5. The minimum Gasteiger partial charge on any atom is -0.394 e. The van der Waals surface area contributed by atoms with Gasteiger partial charge in [-0.15, -0.1) is 0 Å². The SMILES string of the molecule is NCC(=O)Nc1ccc(Cl)cc1/C(=N\CCO)c1ccccc1F. The predicted octanol–water partition coefficient (Wildman–Crippen LogP) is 2.21. The zero-order valence-corrected chi connectivity index (χ0v) is 13.6. The van der Waals surface area contributed by atoms with E-state index in [1.165, 1.54) is 6.07 Å². The van der Waals surface area contributed by atoms with E-state index in [9.17, 15) is 9.18 Å². The number of aliphatic imine (C=N–C) groups is 1. The maximum atomic E-state index is 14.2. The maximum Gasteiger partial charge on any atom is 0.238 e. The molecule has 0 aliphatic rings. The van der Waals surface area contributed by atoms with Gasteiger partial charge < -0.3 is 16.2 Å². The lowest BCUT2D eigenvalue weighted by Gasteiger charge is -2.14. The molecule has 7 heteroatoms. The summed E-state index contributed by atoms with van der Waals surface area (Å²) in [5.74, 6) is -0.862. The molecule has 24 heavy (non-hydrogen) atoms. The minimum atomic E-state index is -0.467. The van der Waals surface area contributed by atoms with E-state index in [-0.39, 0.29) is 31.0 Å². The van der Waals surface area contributed by atoms with Crippen LogP contribution in [0.3, 0.4) is 0 Å². The van der Waals surface area contributed by atoms with Crippen molar-refractivity contribution in [2.75, 3.05) is 25.0 Å². The Labute approximate surface area is 144 Å². The number of nitrogens with two attached hydrogens (primary N) is 1. The third-order valence-electron chi connectivity index (χ3n) is 3.20. The number of carbonyl (C=O) groups excluding carboxylic acids is 1. The molecule has 0 aromatic heterocycles. The molecule has 0 heterocycles. The first kappa shape index (κ1) is 18.1. The molecule has 0 fully saturated rings. The van der Waals surface area contributed by atoms with Crippen LogP contribution in [0.2, 0.25) is 5.02 Å². The monoisotopic (exact) mass is 349 g/mol. The van der Waals surface area contributed by atoms with Crippen molar-refractivity contribution < 1.29 is 14.3 Å². The van der Waals surface area contributed by atoms with Gasteiger partial charge >= 0.3 is 0 Å². The summed E-state index contributed by atoms with van der Waals surface area (Å²) in [7, 11) is 0. The minimum absolute atomic E-state index is 0.0838. The van der Waals surface area contributed by atoms with E-state index in [1.807, 2.05) is 0 Å². The van der Waals surface area contributed by atoms with Gasteiger partial charge in [0.15, 0.2) is 0 Å². The second kappa shape index (κ2) is 8.54. The molecule has 0 saturated heterocycles. The van der Waals surface area contributed by atoms with Crippen molar-refractivity contribution in [3.05, 3.63) is 64.4 Å². The molecule has 0 atom stereocenters. The van der Waals surface area contributed by atoms with E-state index in [0.29, 0.717) is 16.3 Å². The molecule has 4 N–H and O–H groups in total. The van der Waals surface area contributed by atoms with E-state index >= 15 is 0 Å². The van der Waals surface area contributed by atoms with E-state index < -0.39 is 11.7 Å². The molecule has 0 aliphatic carbocycles. The molecular weight excluding hydrogens is 333 g/mol. The highest BCUT2D eigenvalue weighted by Crippen LogP contribution is 2.25. The van der Waals surface area contributed by atoms with Gasteiger partial charge in [0, 0.05) is 16.1 Å². The Kier molecular flexibility index (Phi) is 6.43. The van der Waals surface area contributed by atoms with E-state index in [4.69, 9.17) is 22.4 Å². The molecule has 0 bridgehead atoms. The molecule has 2 aromatic rings. The molecule has 0 spiro atoms. The Morgan fingerprint density at radius 3 is 2.67 bits per heavy atom. The second-order valence-corrected chi connectivity index (χ2v) is 5.31. The Hall–Kier alpha value is -2.28. The van der Waals surface area contributed by atoms with Gasteiger partial charge in [0.25, 0.3) is 0 Å². The van der Waals surface area contributed by atoms with Crippen molar-refractivity contribution in [2.45, 2.75) is 0 Å². The number of halogens is 2. The summed E-state index contributed by atoms with van der Waals surface area (Å²) in [5, 5.41) is 12.1. The first-order valence-electron chi connectivity index (χ1n) is 7.27. The van der Waals surface area contributed by atoms with Crippen molar-refractivity contribution in [2.24, 2.45) is 10.7 Å². The van der Waals surface area contributed by atoms with Crippen LogP contribution < -0.4 is 11.1 Å². The number of hydrogen-bond donors (Lipinski definition) is 3. The van der Waals surface area contributed by atoms with Crippen LogP contribution in [0.5, 0.6) is 0 Å². The van der Waals surface area contributed by atoms with Crippen molar-refractivity contribution in [1.82, 2.24) is 0 Å². The first-order valence-corrected chi connectivity index (χ1v) is 7.64. The normalized spacial score (nSPS) is 11.4. The summed E-state index contributed by atoms with van der Waals surface area (Å²) in [6, 6.07) is 10.9.